The fourth-order valence-electron chi connectivity index (χ4n) is 3.69. The molecule has 0 amide bonds. The molecule has 1 saturated carbocycles. The van der Waals surface area contributed by atoms with Crippen molar-refractivity contribution in [3.8, 4) is 11.1 Å². The second-order valence-corrected chi connectivity index (χ2v) is 7.56. The largest absolute Gasteiger partial charge is 0.385 e. The van der Waals surface area contributed by atoms with Crippen LogP contribution in [0.4, 0.5) is 0 Å². The van der Waals surface area contributed by atoms with Crippen LogP contribution in [-0.4, -0.2) is 13.7 Å². The maximum atomic E-state index is 6.13. The van der Waals surface area contributed by atoms with Gasteiger partial charge in [0.25, 0.3) is 0 Å². The number of hydrogen-bond donors (Lipinski definition) is 0. The lowest BCUT2D eigenvalue weighted by molar-refractivity contribution is 0.163. The van der Waals surface area contributed by atoms with E-state index in [1.807, 2.05) is 18.2 Å². The van der Waals surface area contributed by atoms with Crippen LogP contribution in [0, 0.1) is 5.92 Å². The van der Waals surface area contributed by atoms with Gasteiger partial charge in [-0.3, -0.25) is 0 Å². The molecule has 0 unspecified atom stereocenters. The minimum Gasteiger partial charge on any atom is -0.385 e. The molecule has 0 spiro atoms. The fraction of sp³-hybridized carbons (Fsp3) is 0.429. The maximum absolute atomic E-state index is 6.13. The van der Waals surface area contributed by atoms with Crippen molar-refractivity contribution in [2.75, 3.05) is 13.7 Å². The average Bonchev–Trinajstić information content (AvgIpc) is 2.63. The van der Waals surface area contributed by atoms with Crippen molar-refractivity contribution in [2.45, 2.75) is 38.0 Å². The number of rotatable bonds is 5. The molecule has 0 heterocycles. The summed E-state index contributed by atoms with van der Waals surface area (Å²) in [6.45, 7) is 0.897. The van der Waals surface area contributed by atoms with Gasteiger partial charge in [0.05, 0.1) is 10.0 Å². The third kappa shape index (κ3) is 4.33. The predicted molar refractivity (Wildman–Crippen MR) is 103 cm³/mol. The van der Waals surface area contributed by atoms with Gasteiger partial charge >= 0.3 is 0 Å². The van der Waals surface area contributed by atoms with E-state index in [-0.39, 0.29) is 0 Å². The van der Waals surface area contributed by atoms with E-state index < -0.39 is 0 Å². The Bertz CT molecular complexity index is 658. The molecule has 1 fully saturated rings. The molecular weight excluding hydrogens is 339 g/mol. The highest BCUT2D eigenvalue weighted by atomic mass is 35.5. The Morgan fingerprint density at radius 1 is 0.875 bits per heavy atom. The van der Waals surface area contributed by atoms with Crippen molar-refractivity contribution in [3.05, 3.63) is 58.1 Å². The van der Waals surface area contributed by atoms with Crippen LogP contribution in [0.5, 0.6) is 0 Å². The Labute approximate surface area is 154 Å². The zero-order valence-corrected chi connectivity index (χ0v) is 15.6. The summed E-state index contributed by atoms with van der Waals surface area (Å²) in [5.74, 6) is 1.54. The molecule has 3 rings (SSSR count). The Hall–Kier alpha value is -1.02. The minimum absolute atomic E-state index is 0.599. The summed E-state index contributed by atoms with van der Waals surface area (Å²) in [4.78, 5) is 0. The number of methoxy groups -OCH3 is 1. The van der Waals surface area contributed by atoms with Gasteiger partial charge in [0.15, 0.2) is 0 Å². The van der Waals surface area contributed by atoms with Crippen molar-refractivity contribution in [1.82, 2.24) is 0 Å². The Kier molecular flexibility index (Phi) is 6.21. The van der Waals surface area contributed by atoms with E-state index in [1.165, 1.54) is 43.2 Å². The van der Waals surface area contributed by atoms with E-state index in [2.05, 4.69) is 24.3 Å². The van der Waals surface area contributed by atoms with Crippen molar-refractivity contribution in [2.24, 2.45) is 5.92 Å². The highest BCUT2D eigenvalue weighted by Gasteiger charge is 2.22. The lowest BCUT2D eigenvalue weighted by atomic mass is 9.77. The van der Waals surface area contributed by atoms with Gasteiger partial charge < -0.3 is 4.74 Å². The summed E-state index contributed by atoms with van der Waals surface area (Å²) in [5, 5.41) is 1.20. The second-order valence-electron chi connectivity index (χ2n) is 6.75. The topological polar surface area (TPSA) is 9.23 Å². The van der Waals surface area contributed by atoms with Gasteiger partial charge in [-0.05, 0) is 72.8 Å². The molecule has 1 nitrogen and oxygen atoms in total. The lowest BCUT2D eigenvalue weighted by Crippen LogP contribution is -2.14. The van der Waals surface area contributed by atoms with Gasteiger partial charge in [-0.2, -0.15) is 0 Å². The van der Waals surface area contributed by atoms with Gasteiger partial charge in [-0.15, -0.1) is 0 Å². The molecule has 1 aliphatic carbocycles. The molecule has 3 heteroatoms. The number of hydrogen-bond acceptors (Lipinski definition) is 1. The first-order valence-electron chi connectivity index (χ1n) is 8.71. The van der Waals surface area contributed by atoms with E-state index in [9.17, 15) is 0 Å². The van der Waals surface area contributed by atoms with E-state index in [0.29, 0.717) is 16.0 Å². The zero-order chi connectivity index (χ0) is 16.9. The van der Waals surface area contributed by atoms with Crippen LogP contribution >= 0.6 is 23.2 Å². The van der Waals surface area contributed by atoms with Crippen molar-refractivity contribution < 1.29 is 4.74 Å². The van der Waals surface area contributed by atoms with Crippen LogP contribution < -0.4 is 0 Å². The van der Waals surface area contributed by atoms with E-state index in [0.717, 1.165) is 18.1 Å². The SMILES string of the molecule is COCC[C@H]1CC[C@H](c2ccc(-c3ccc(Cl)c(Cl)c3)cc2)CC1. The maximum Gasteiger partial charge on any atom is 0.0598 e. The molecule has 0 atom stereocenters. The molecule has 0 N–H and O–H groups in total. The first kappa shape index (κ1) is 17.8. The number of ether oxygens (including phenoxy) is 1. The molecule has 0 aromatic heterocycles. The first-order chi connectivity index (χ1) is 11.7. The third-order valence-electron chi connectivity index (χ3n) is 5.21. The van der Waals surface area contributed by atoms with Crippen LogP contribution in [0.2, 0.25) is 10.0 Å². The molecule has 2 aromatic carbocycles. The number of benzene rings is 2. The summed E-state index contributed by atoms with van der Waals surface area (Å²) in [5.41, 5.74) is 3.76. The molecule has 0 bridgehead atoms. The van der Waals surface area contributed by atoms with E-state index >= 15 is 0 Å². The highest BCUT2D eigenvalue weighted by Crippen LogP contribution is 2.38. The number of halogens is 2. The van der Waals surface area contributed by atoms with E-state index in [4.69, 9.17) is 27.9 Å². The normalized spacial score (nSPS) is 21.0. The molecule has 1 aliphatic rings. The molecule has 0 radical (unpaired) electrons. The Morgan fingerprint density at radius 3 is 2.17 bits per heavy atom. The molecule has 0 aliphatic heterocycles. The average molecular weight is 363 g/mol. The first-order valence-corrected chi connectivity index (χ1v) is 9.47. The smallest absolute Gasteiger partial charge is 0.0598 e. The Balaban J connectivity index is 1.64. The molecule has 24 heavy (non-hydrogen) atoms. The quantitative estimate of drug-likeness (QED) is 0.557. The Morgan fingerprint density at radius 2 is 1.54 bits per heavy atom. The van der Waals surface area contributed by atoms with Crippen LogP contribution in [0.1, 0.15) is 43.6 Å². The van der Waals surface area contributed by atoms with Gasteiger partial charge in [-0.25, -0.2) is 0 Å². The monoisotopic (exact) mass is 362 g/mol. The van der Waals surface area contributed by atoms with Gasteiger partial charge in [0, 0.05) is 13.7 Å². The van der Waals surface area contributed by atoms with Gasteiger partial charge in [0.2, 0.25) is 0 Å². The van der Waals surface area contributed by atoms with Crippen molar-refractivity contribution in [3.63, 3.8) is 0 Å². The van der Waals surface area contributed by atoms with Gasteiger partial charge in [0.1, 0.15) is 0 Å². The van der Waals surface area contributed by atoms with Gasteiger partial charge in [-0.1, -0.05) is 53.5 Å². The second kappa shape index (κ2) is 8.38. The zero-order valence-electron chi connectivity index (χ0n) is 14.1. The van der Waals surface area contributed by atoms with Crippen LogP contribution in [0.15, 0.2) is 42.5 Å². The molecule has 2 aromatic rings. The summed E-state index contributed by atoms with van der Waals surface area (Å²) in [6, 6.07) is 14.8. The van der Waals surface area contributed by atoms with Crippen LogP contribution in [-0.2, 0) is 4.74 Å². The van der Waals surface area contributed by atoms with Crippen LogP contribution in [0.25, 0.3) is 11.1 Å². The summed E-state index contributed by atoms with van der Waals surface area (Å²) >= 11 is 12.1. The minimum atomic E-state index is 0.599. The summed E-state index contributed by atoms with van der Waals surface area (Å²) in [7, 11) is 1.79. The fourth-order valence-corrected chi connectivity index (χ4v) is 3.99. The van der Waals surface area contributed by atoms with Crippen molar-refractivity contribution >= 4 is 23.2 Å². The predicted octanol–water partition coefficient (Wildman–Crippen LogP) is 6.97. The molecular formula is C21H24Cl2O. The van der Waals surface area contributed by atoms with Crippen LogP contribution in [0.3, 0.4) is 0 Å². The third-order valence-corrected chi connectivity index (χ3v) is 5.95. The highest BCUT2D eigenvalue weighted by molar-refractivity contribution is 6.42. The van der Waals surface area contributed by atoms with E-state index in [1.54, 1.807) is 7.11 Å². The standard InChI is InChI=1S/C21H24Cl2O/c1-24-13-12-15-2-4-16(5-3-15)17-6-8-18(9-7-17)19-10-11-20(22)21(23)14-19/h6-11,14-16H,2-5,12-13H2,1H3/t15-,16-. The molecule has 0 saturated heterocycles. The van der Waals surface area contributed by atoms with Crippen molar-refractivity contribution in [1.29, 1.82) is 0 Å². The summed E-state index contributed by atoms with van der Waals surface area (Å²) < 4.78 is 5.21. The summed E-state index contributed by atoms with van der Waals surface area (Å²) in [6.07, 6.45) is 6.44. The lowest BCUT2D eigenvalue weighted by Gasteiger charge is -2.28. The molecule has 128 valence electrons.